The van der Waals surface area contributed by atoms with Crippen LogP contribution in [0, 0.1) is 20.8 Å². The predicted octanol–water partition coefficient (Wildman–Crippen LogP) is 3.86. The molecule has 8 heteroatoms. The Morgan fingerprint density at radius 2 is 1.96 bits per heavy atom. The molecule has 0 unspecified atom stereocenters. The van der Waals surface area contributed by atoms with Crippen molar-refractivity contribution in [2.45, 2.75) is 20.8 Å². The summed E-state index contributed by atoms with van der Waals surface area (Å²) in [5, 5.41) is 6.33. The van der Waals surface area contributed by atoms with E-state index in [0.717, 1.165) is 21.5 Å². The number of nitrogens with zero attached hydrogens (tertiary/aromatic N) is 3. The minimum atomic E-state index is -0.343. The molecule has 7 nitrogen and oxygen atoms in total. The molecule has 1 aromatic carbocycles. The molecule has 146 valence electrons. The van der Waals surface area contributed by atoms with Crippen LogP contribution >= 0.6 is 15.9 Å². The highest BCUT2D eigenvalue weighted by Crippen LogP contribution is 2.24. The summed E-state index contributed by atoms with van der Waals surface area (Å²) >= 11 is 3.48. The van der Waals surface area contributed by atoms with E-state index >= 15 is 0 Å². The molecule has 2 aromatic heterocycles. The van der Waals surface area contributed by atoms with E-state index in [9.17, 15) is 9.59 Å². The second-order valence-electron chi connectivity index (χ2n) is 6.63. The predicted molar refractivity (Wildman–Crippen MR) is 110 cm³/mol. The molecular formula is C20H21BrN4O3. The van der Waals surface area contributed by atoms with Crippen LogP contribution in [0.2, 0.25) is 0 Å². The lowest BCUT2D eigenvalue weighted by atomic mass is 10.2. The molecule has 0 spiro atoms. The fraction of sp³-hybridized carbons (Fsp3) is 0.250. The number of anilines is 1. The molecule has 0 aliphatic carbocycles. The number of halogens is 1. The number of aryl methyl sites for hydroxylation is 2. The zero-order valence-corrected chi connectivity index (χ0v) is 17.7. The van der Waals surface area contributed by atoms with Crippen LogP contribution in [0.4, 0.5) is 5.82 Å². The second-order valence-corrected chi connectivity index (χ2v) is 7.55. The quantitative estimate of drug-likeness (QED) is 0.647. The fourth-order valence-electron chi connectivity index (χ4n) is 3.09. The molecule has 0 aliphatic heterocycles. The smallest absolute Gasteiger partial charge is 0.255 e. The topological polar surface area (TPSA) is 80.4 Å². The Bertz CT molecular complexity index is 1040. The number of carbonyl (C=O) groups is 2. The molecule has 0 bridgehead atoms. The first kappa shape index (κ1) is 19.9. The molecule has 1 N–H and O–H groups in total. The van der Waals surface area contributed by atoms with E-state index in [1.807, 2.05) is 48.7 Å². The van der Waals surface area contributed by atoms with Crippen LogP contribution in [0.25, 0.3) is 5.69 Å². The van der Waals surface area contributed by atoms with E-state index in [1.54, 1.807) is 20.0 Å². The van der Waals surface area contributed by atoms with Crippen molar-refractivity contribution in [3.63, 3.8) is 0 Å². The monoisotopic (exact) mass is 444 g/mol. The van der Waals surface area contributed by atoms with Gasteiger partial charge in [-0.1, -0.05) is 27.2 Å². The van der Waals surface area contributed by atoms with Crippen LogP contribution in [0.3, 0.4) is 0 Å². The number of aromatic nitrogens is 2. The molecule has 28 heavy (non-hydrogen) atoms. The van der Waals surface area contributed by atoms with Crippen molar-refractivity contribution in [2.75, 3.05) is 18.9 Å². The van der Waals surface area contributed by atoms with Crippen LogP contribution in [0.1, 0.15) is 27.5 Å². The average molecular weight is 445 g/mol. The Kier molecular flexibility index (Phi) is 5.69. The fourth-order valence-corrected chi connectivity index (χ4v) is 3.48. The summed E-state index contributed by atoms with van der Waals surface area (Å²) in [7, 11) is 1.60. The molecule has 3 rings (SSSR count). The number of carbonyl (C=O) groups excluding carboxylic acids is 2. The summed E-state index contributed by atoms with van der Waals surface area (Å²) in [4.78, 5) is 26.5. The average Bonchev–Trinajstić information content (AvgIpc) is 3.16. The lowest BCUT2D eigenvalue weighted by Crippen LogP contribution is -2.35. The summed E-state index contributed by atoms with van der Waals surface area (Å²) in [5.41, 5.74) is 3.28. The van der Waals surface area contributed by atoms with Crippen molar-refractivity contribution in [1.29, 1.82) is 0 Å². The van der Waals surface area contributed by atoms with Gasteiger partial charge in [-0.3, -0.25) is 9.59 Å². The molecule has 0 radical (unpaired) electrons. The minimum absolute atomic E-state index is 0.0920. The van der Waals surface area contributed by atoms with Gasteiger partial charge in [0.25, 0.3) is 5.91 Å². The third-order valence-electron chi connectivity index (χ3n) is 4.35. The van der Waals surface area contributed by atoms with E-state index in [4.69, 9.17) is 4.52 Å². The highest BCUT2D eigenvalue weighted by atomic mass is 79.9. The van der Waals surface area contributed by atoms with Crippen LogP contribution in [-0.4, -0.2) is 40.0 Å². The molecule has 3 aromatic rings. The Morgan fingerprint density at radius 1 is 1.21 bits per heavy atom. The zero-order valence-electron chi connectivity index (χ0n) is 16.1. The van der Waals surface area contributed by atoms with E-state index in [-0.39, 0.29) is 18.4 Å². The van der Waals surface area contributed by atoms with Gasteiger partial charge in [0.1, 0.15) is 5.76 Å². The van der Waals surface area contributed by atoms with Crippen molar-refractivity contribution in [1.82, 2.24) is 14.6 Å². The Labute approximate surface area is 171 Å². The standard InChI is InChI=1S/C20H21BrN4O3/c1-12-8-17(14(3)25(12)16-7-5-6-15(21)10-16)20(27)24(4)11-19(26)22-18-9-13(2)28-23-18/h5-10H,11H2,1-4H3,(H,22,23,26). The molecule has 2 amide bonds. The maximum Gasteiger partial charge on any atom is 0.255 e. The first-order valence-electron chi connectivity index (χ1n) is 8.70. The normalized spacial score (nSPS) is 10.8. The van der Waals surface area contributed by atoms with Crippen molar-refractivity contribution >= 4 is 33.6 Å². The highest BCUT2D eigenvalue weighted by Gasteiger charge is 2.21. The number of nitrogens with one attached hydrogen (secondary N) is 1. The molecule has 2 heterocycles. The number of amides is 2. The van der Waals surface area contributed by atoms with Gasteiger partial charge in [-0.15, -0.1) is 0 Å². The van der Waals surface area contributed by atoms with Gasteiger partial charge in [0.2, 0.25) is 5.91 Å². The lowest BCUT2D eigenvalue weighted by molar-refractivity contribution is -0.116. The maximum absolute atomic E-state index is 12.9. The van der Waals surface area contributed by atoms with Crippen LogP contribution in [-0.2, 0) is 4.79 Å². The number of rotatable bonds is 5. The maximum atomic E-state index is 12.9. The van der Waals surface area contributed by atoms with Crippen molar-refractivity contribution in [3.05, 3.63) is 63.6 Å². The van der Waals surface area contributed by atoms with Gasteiger partial charge in [-0.25, -0.2) is 0 Å². The SMILES string of the molecule is Cc1cc(NC(=O)CN(C)C(=O)c2cc(C)n(-c3cccc(Br)c3)c2C)no1. The summed E-state index contributed by atoms with van der Waals surface area (Å²) in [5.74, 6) is 0.363. The van der Waals surface area contributed by atoms with Crippen LogP contribution in [0.5, 0.6) is 0 Å². The summed E-state index contributed by atoms with van der Waals surface area (Å²) < 4.78 is 7.90. The molecule has 0 atom stereocenters. The van der Waals surface area contributed by atoms with Gasteiger partial charge in [-0.05, 0) is 45.0 Å². The van der Waals surface area contributed by atoms with Gasteiger partial charge in [0.15, 0.2) is 5.82 Å². The first-order chi connectivity index (χ1) is 13.3. The van der Waals surface area contributed by atoms with Crippen LogP contribution < -0.4 is 5.32 Å². The molecule has 0 saturated heterocycles. The number of hydrogen-bond acceptors (Lipinski definition) is 4. The van der Waals surface area contributed by atoms with Crippen molar-refractivity contribution in [3.8, 4) is 5.69 Å². The van der Waals surface area contributed by atoms with Crippen molar-refractivity contribution in [2.24, 2.45) is 0 Å². The summed E-state index contributed by atoms with van der Waals surface area (Å²) in [6, 6.07) is 11.3. The highest BCUT2D eigenvalue weighted by molar-refractivity contribution is 9.10. The van der Waals surface area contributed by atoms with Gasteiger partial charge in [-0.2, -0.15) is 0 Å². The minimum Gasteiger partial charge on any atom is -0.360 e. The largest absolute Gasteiger partial charge is 0.360 e. The second kappa shape index (κ2) is 8.02. The Hall–Kier alpha value is -2.87. The third-order valence-corrected chi connectivity index (χ3v) is 4.84. The van der Waals surface area contributed by atoms with Gasteiger partial charge in [0.05, 0.1) is 12.1 Å². The van der Waals surface area contributed by atoms with E-state index in [2.05, 4.69) is 26.4 Å². The van der Waals surface area contributed by atoms with Gasteiger partial charge in [0, 0.05) is 34.7 Å². The Balaban J connectivity index is 1.76. The lowest BCUT2D eigenvalue weighted by Gasteiger charge is -2.17. The molecular weight excluding hydrogens is 424 g/mol. The number of hydrogen-bond donors (Lipinski definition) is 1. The van der Waals surface area contributed by atoms with Crippen molar-refractivity contribution < 1.29 is 14.1 Å². The number of benzene rings is 1. The zero-order chi connectivity index (χ0) is 20.4. The molecule has 0 aliphatic rings. The Morgan fingerprint density at radius 3 is 2.61 bits per heavy atom. The van der Waals surface area contributed by atoms with E-state index in [1.165, 1.54) is 4.90 Å². The third kappa shape index (κ3) is 4.17. The molecule has 0 saturated carbocycles. The number of likely N-dealkylation sites (N-methyl/N-ethyl adjacent to an activating group) is 1. The van der Waals surface area contributed by atoms with E-state index in [0.29, 0.717) is 17.1 Å². The molecule has 0 fully saturated rings. The van der Waals surface area contributed by atoms with Gasteiger partial charge < -0.3 is 19.3 Å². The summed E-state index contributed by atoms with van der Waals surface area (Å²) in [6.45, 7) is 5.49. The van der Waals surface area contributed by atoms with E-state index < -0.39 is 0 Å². The first-order valence-corrected chi connectivity index (χ1v) is 9.49. The van der Waals surface area contributed by atoms with Gasteiger partial charge >= 0.3 is 0 Å². The van der Waals surface area contributed by atoms with Crippen LogP contribution in [0.15, 0.2) is 45.4 Å². The summed E-state index contributed by atoms with van der Waals surface area (Å²) in [6.07, 6.45) is 0.